The van der Waals surface area contributed by atoms with Crippen molar-refractivity contribution >= 4 is 4.57 Å². The summed E-state index contributed by atoms with van der Waals surface area (Å²) in [7, 11) is 1.66. The molecule has 0 atom stereocenters. The first-order valence-corrected chi connectivity index (χ1v) is 4.05. The molecular formula is C8H14CrO. The van der Waals surface area contributed by atoms with E-state index in [1.54, 1.807) is 7.11 Å². The van der Waals surface area contributed by atoms with Crippen LogP contribution in [0.1, 0.15) is 20.3 Å². The van der Waals surface area contributed by atoms with Crippen LogP contribution in [0.15, 0.2) is 12.2 Å². The van der Waals surface area contributed by atoms with Crippen LogP contribution in [0.5, 0.6) is 0 Å². The number of ether oxygens (including phenoxy) is 1. The second-order valence-electron chi connectivity index (χ2n) is 2.56. The average Bonchev–Trinajstić information content (AvgIpc) is 1.87. The summed E-state index contributed by atoms with van der Waals surface area (Å²) >= 11 is 2.81. The third kappa shape index (κ3) is 6.23. The minimum atomic E-state index is 0.723. The van der Waals surface area contributed by atoms with E-state index >= 15 is 0 Å². The molecule has 0 aromatic heterocycles. The molecule has 58 valence electrons. The zero-order valence-electron chi connectivity index (χ0n) is 6.76. The molecule has 0 heterocycles. The van der Waals surface area contributed by atoms with E-state index < -0.39 is 0 Å². The van der Waals surface area contributed by atoms with E-state index in [9.17, 15) is 0 Å². The van der Waals surface area contributed by atoms with Gasteiger partial charge in [0.2, 0.25) is 0 Å². The molecule has 0 aliphatic heterocycles. The molecule has 0 N–H and O–H groups in total. The van der Waals surface area contributed by atoms with Gasteiger partial charge in [-0.3, -0.25) is 0 Å². The zero-order valence-corrected chi connectivity index (χ0v) is 8.03. The predicted molar refractivity (Wildman–Crippen MR) is 40.6 cm³/mol. The molecule has 0 rings (SSSR count). The topological polar surface area (TPSA) is 9.23 Å². The summed E-state index contributed by atoms with van der Waals surface area (Å²) in [4.78, 5) is 0. The summed E-state index contributed by atoms with van der Waals surface area (Å²) in [6, 6.07) is 0. The van der Waals surface area contributed by atoms with Crippen LogP contribution >= 0.6 is 0 Å². The van der Waals surface area contributed by atoms with Gasteiger partial charge >= 0.3 is 70.6 Å². The first-order valence-electron chi connectivity index (χ1n) is 3.41. The number of rotatable bonds is 4. The van der Waals surface area contributed by atoms with Crippen molar-refractivity contribution < 1.29 is 20.6 Å². The van der Waals surface area contributed by atoms with Crippen molar-refractivity contribution in [2.45, 2.75) is 20.3 Å². The van der Waals surface area contributed by atoms with Gasteiger partial charge in [0.05, 0.1) is 0 Å². The summed E-state index contributed by atoms with van der Waals surface area (Å²) in [6.45, 7) is 4.38. The quantitative estimate of drug-likeness (QED) is 0.639. The third-order valence-electron chi connectivity index (χ3n) is 1.06. The fourth-order valence-corrected chi connectivity index (χ4v) is 0.655. The van der Waals surface area contributed by atoms with Gasteiger partial charge in [-0.2, -0.15) is 0 Å². The molecule has 0 radical (unpaired) electrons. The Bertz CT molecular complexity index is 127. The van der Waals surface area contributed by atoms with Gasteiger partial charge in [0.15, 0.2) is 0 Å². The first-order chi connectivity index (χ1) is 4.66. The van der Waals surface area contributed by atoms with Crippen LogP contribution in [0, 0.1) is 5.92 Å². The Morgan fingerprint density at radius 1 is 1.60 bits per heavy atom. The standard InChI is InChI=1S/C8H14O.Cr/c1-8(2)6-4-5-7-9-3;/h4-5,8H,6H2,1-3H3;/b5-4+;. The van der Waals surface area contributed by atoms with E-state index in [0.29, 0.717) is 0 Å². The van der Waals surface area contributed by atoms with Gasteiger partial charge in [-0.05, 0) is 0 Å². The van der Waals surface area contributed by atoms with Crippen molar-refractivity contribution in [3.8, 4) is 0 Å². The van der Waals surface area contributed by atoms with Crippen LogP contribution in [0.3, 0.4) is 0 Å². The molecule has 0 saturated carbocycles. The van der Waals surface area contributed by atoms with Crippen LogP contribution in [0.25, 0.3) is 0 Å². The Labute approximate surface area is 71.0 Å². The zero-order chi connectivity index (χ0) is 7.98. The molecule has 1 nitrogen and oxygen atoms in total. The van der Waals surface area contributed by atoms with Crippen molar-refractivity contribution in [2.24, 2.45) is 5.92 Å². The Morgan fingerprint density at radius 2 is 2.20 bits per heavy atom. The van der Waals surface area contributed by atoms with E-state index in [1.807, 2.05) is 6.08 Å². The van der Waals surface area contributed by atoms with Crippen LogP contribution in [0.4, 0.5) is 0 Å². The van der Waals surface area contributed by atoms with E-state index in [1.165, 1.54) is 0 Å². The monoisotopic (exact) mass is 178 g/mol. The van der Waals surface area contributed by atoms with Gasteiger partial charge < -0.3 is 0 Å². The van der Waals surface area contributed by atoms with E-state index in [-0.39, 0.29) is 0 Å². The van der Waals surface area contributed by atoms with Gasteiger partial charge in [0, 0.05) is 0 Å². The molecule has 0 unspecified atom stereocenters. The maximum absolute atomic E-state index is 4.91. The summed E-state index contributed by atoms with van der Waals surface area (Å²) in [5.74, 6) is 0.723. The van der Waals surface area contributed by atoms with Crippen molar-refractivity contribution in [3.63, 3.8) is 0 Å². The number of methoxy groups -OCH3 is 1. The number of hydrogen-bond donors (Lipinski definition) is 0. The molecule has 10 heavy (non-hydrogen) atoms. The Hall–Kier alpha value is 0.102. The molecule has 0 bridgehead atoms. The van der Waals surface area contributed by atoms with Gasteiger partial charge in [0.1, 0.15) is 0 Å². The van der Waals surface area contributed by atoms with Crippen molar-refractivity contribution in [2.75, 3.05) is 7.11 Å². The average molecular weight is 178 g/mol. The number of allylic oxidation sites excluding steroid dienone is 1. The van der Waals surface area contributed by atoms with Crippen LogP contribution in [-0.4, -0.2) is 11.7 Å². The van der Waals surface area contributed by atoms with Crippen molar-refractivity contribution in [1.29, 1.82) is 0 Å². The van der Waals surface area contributed by atoms with Crippen molar-refractivity contribution in [1.82, 2.24) is 0 Å². The third-order valence-corrected chi connectivity index (χ3v) is 1.54. The summed E-state index contributed by atoms with van der Waals surface area (Å²) in [6.07, 6.45) is 5.18. The molecule has 0 aromatic rings. The molecule has 0 spiro atoms. The second kappa shape index (κ2) is 5.86. The fraction of sp³-hybridized carbons (Fsp3) is 0.625. The van der Waals surface area contributed by atoms with Gasteiger partial charge in [-0.1, -0.05) is 0 Å². The van der Waals surface area contributed by atoms with Gasteiger partial charge in [-0.15, -0.1) is 0 Å². The molecule has 0 saturated heterocycles. The van der Waals surface area contributed by atoms with Crippen LogP contribution in [-0.2, 0) is 20.6 Å². The fourth-order valence-electron chi connectivity index (χ4n) is 0.504. The summed E-state index contributed by atoms with van der Waals surface area (Å²) in [5.41, 5.74) is 0. The summed E-state index contributed by atoms with van der Waals surface area (Å²) < 4.78 is 5.75. The molecule has 0 aliphatic rings. The normalized spacial score (nSPS) is 11.2. The maximum atomic E-state index is 4.91. The van der Waals surface area contributed by atoms with E-state index in [4.69, 9.17) is 4.74 Å². The molecule has 0 amide bonds. The van der Waals surface area contributed by atoms with Crippen LogP contribution < -0.4 is 0 Å². The predicted octanol–water partition coefficient (Wildman–Crippen LogP) is 1.91. The van der Waals surface area contributed by atoms with Crippen LogP contribution in [0.2, 0.25) is 0 Å². The molecule has 0 aliphatic carbocycles. The second-order valence-corrected chi connectivity index (χ2v) is 3.18. The molecule has 0 aromatic carbocycles. The Kier molecular flexibility index (Phi) is 5.92. The van der Waals surface area contributed by atoms with E-state index in [2.05, 4.69) is 35.8 Å². The molecule has 2 heteroatoms. The summed E-state index contributed by atoms with van der Waals surface area (Å²) in [5, 5.41) is 0. The van der Waals surface area contributed by atoms with Gasteiger partial charge in [0.25, 0.3) is 0 Å². The number of hydrogen-bond acceptors (Lipinski definition) is 1. The van der Waals surface area contributed by atoms with Gasteiger partial charge in [-0.25, -0.2) is 0 Å². The Balaban J connectivity index is 3.46. The molecule has 0 fully saturated rings. The van der Waals surface area contributed by atoms with Crippen molar-refractivity contribution in [3.05, 3.63) is 12.2 Å². The SMILES string of the molecule is CO[C](=[Cr])/C=C/CC(C)C. The minimum absolute atomic E-state index is 0.723. The first kappa shape index (κ1) is 10.1. The van der Waals surface area contributed by atoms with E-state index in [0.717, 1.165) is 16.9 Å². The Morgan fingerprint density at radius 3 is 2.60 bits per heavy atom. The molecular weight excluding hydrogens is 164 g/mol.